The van der Waals surface area contributed by atoms with Crippen LogP contribution in [-0.2, 0) is 11.0 Å². The van der Waals surface area contributed by atoms with Gasteiger partial charge in [0, 0.05) is 51.1 Å². The Morgan fingerprint density at radius 2 is 1.71 bits per heavy atom. The van der Waals surface area contributed by atoms with Gasteiger partial charge < -0.3 is 14.5 Å². The second-order valence-electron chi connectivity index (χ2n) is 9.18. The molecule has 9 heteroatoms. The van der Waals surface area contributed by atoms with Crippen LogP contribution in [0.15, 0.2) is 30.5 Å². The molecule has 1 aromatic heterocycles. The van der Waals surface area contributed by atoms with E-state index < -0.39 is 11.7 Å². The van der Waals surface area contributed by atoms with Gasteiger partial charge in [-0.25, -0.2) is 4.98 Å². The molecule has 0 bridgehead atoms. The molecule has 3 heterocycles. The number of hydrogen-bond acceptors (Lipinski definition) is 4. The summed E-state index contributed by atoms with van der Waals surface area (Å²) in [6.07, 6.45) is -0.741. The topological polar surface area (TPSA) is 45.7 Å². The van der Waals surface area contributed by atoms with Gasteiger partial charge in [-0.1, -0.05) is 17.7 Å². The third-order valence-electron chi connectivity index (χ3n) is 6.83. The molecule has 2 saturated heterocycles. The Bertz CT molecular complexity index is 1030. The number of amides is 1. The van der Waals surface area contributed by atoms with Crippen LogP contribution in [0, 0.1) is 19.8 Å². The van der Waals surface area contributed by atoms with Gasteiger partial charge in [0.05, 0.1) is 10.6 Å². The van der Waals surface area contributed by atoms with Gasteiger partial charge in [0.15, 0.2) is 0 Å². The first-order valence-corrected chi connectivity index (χ1v) is 12.0. The van der Waals surface area contributed by atoms with E-state index in [0.29, 0.717) is 44.8 Å². The first-order chi connectivity index (χ1) is 16.1. The highest BCUT2D eigenvalue weighted by molar-refractivity contribution is 6.33. The number of halogens is 4. The van der Waals surface area contributed by atoms with Crippen LogP contribution in [0.1, 0.15) is 42.4 Å². The number of benzene rings is 1. The predicted octanol–water partition coefficient (Wildman–Crippen LogP) is 5.66. The molecule has 5 nitrogen and oxygen atoms in total. The van der Waals surface area contributed by atoms with Crippen LogP contribution >= 0.6 is 11.6 Å². The molecule has 1 amide bonds. The number of anilines is 1. The Kier molecular flexibility index (Phi) is 7.26. The van der Waals surface area contributed by atoms with Crippen LogP contribution < -0.4 is 9.64 Å². The van der Waals surface area contributed by atoms with E-state index in [1.165, 1.54) is 11.1 Å². The fraction of sp³-hybridized carbons (Fsp3) is 0.520. The molecule has 2 aliphatic heterocycles. The van der Waals surface area contributed by atoms with Crippen molar-refractivity contribution < 1.29 is 22.7 Å². The summed E-state index contributed by atoms with van der Waals surface area (Å²) in [5.74, 6) is 1.26. The van der Waals surface area contributed by atoms with E-state index in [2.05, 4.69) is 31.0 Å². The lowest BCUT2D eigenvalue weighted by molar-refractivity contribution is -0.138. The van der Waals surface area contributed by atoms with Gasteiger partial charge in [-0.05, 0) is 56.0 Å². The quantitative estimate of drug-likeness (QED) is 0.549. The zero-order chi connectivity index (χ0) is 24.5. The summed E-state index contributed by atoms with van der Waals surface area (Å²) in [5, 5.41) is -0.0227. The lowest BCUT2D eigenvalue weighted by Crippen LogP contribution is -2.47. The van der Waals surface area contributed by atoms with Gasteiger partial charge in [0.2, 0.25) is 5.91 Å². The lowest BCUT2D eigenvalue weighted by atomic mass is 9.94. The van der Waals surface area contributed by atoms with Crippen LogP contribution in [0.2, 0.25) is 5.02 Å². The maximum atomic E-state index is 13.1. The minimum Gasteiger partial charge on any atom is -0.490 e. The maximum absolute atomic E-state index is 13.1. The molecule has 0 spiro atoms. The number of pyridine rings is 1. The molecule has 184 valence electrons. The Morgan fingerprint density at radius 3 is 2.29 bits per heavy atom. The highest BCUT2D eigenvalue weighted by Gasteiger charge is 2.34. The van der Waals surface area contributed by atoms with Gasteiger partial charge in [0.25, 0.3) is 0 Å². The fourth-order valence-corrected chi connectivity index (χ4v) is 4.87. The average Bonchev–Trinajstić information content (AvgIpc) is 2.81. The van der Waals surface area contributed by atoms with Gasteiger partial charge in [-0.2, -0.15) is 13.2 Å². The van der Waals surface area contributed by atoms with Crippen LogP contribution in [0.5, 0.6) is 5.75 Å². The molecule has 34 heavy (non-hydrogen) atoms. The van der Waals surface area contributed by atoms with Crippen LogP contribution in [0.3, 0.4) is 0 Å². The zero-order valence-corrected chi connectivity index (χ0v) is 20.1. The largest absolute Gasteiger partial charge is 0.490 e. The van der Waals surface area contributed by atoms with E-state index in [9.17, 15) is 18.0 Å². The minimum absolute atomic E-state index is 0.0227. The molecule has 2 aromatic rings. The lowest BCUT2D eigenvalue weighted by Gasteiger charge is -2.37. The fourth-order valence-electron chi connectivity index (χ4n) is 4.59. The number of alkyl halides is 3. The highest BCUT2D eigenvalue weighted by Crippen LogP contribution is 2.35. The molecular formula is C25H29ClF3N3O2. The minimum atomic E-state index is -4.48. The van der Waals surface area contributed by atoms with E-state index in [0.717, 1.165) is 30.9 Å². The predicted molar refractivity (Wildman–Crippen MR) is 125 cm³/mol. The molecule has 0 N–H and O–H groups in total. The van der Waals surface area contributed by atoms with E-state index in [4.69, 9.17) is 16.3 Å². The van der Waals surface area contributed by atoms with Gasteiger partial charge in [0.1, 0.15) is 17.7 Å². The second-order valence-corrected chi connectivity index (χ2v) is 9.58. The number of rotatable bonds is 4. The van der Waals surface area contributed by atoms with E-state index in [1.807, 2.05) is 15.9 Å². The highest BCUT2D eigenvalue weighted by atomic mass is 35.5. The number of aryl methyl sites for hydroxylation is 2. The number of carbonyl (C=O) groups excluding carboxylic acids is 1. The maximum Gasteiger partial charge on any atom is 0.417 e. The van der Waals surface area contributed by atoms with Gasteiger partial charge >= 0.3 is 6.18 Å². The molecule has 0 atom stereocenters. The number of likely N-dealkylation sites (tertiary alicyclic amines) is 1. The van der Waals surface area contributed by atoms with Crippen molar-refractivity contribution in [3.8, 4) is 5.75 Å². The molecule has 2 fully saturated rings. The van der Waals surface area contributed by atoms with Crippen molar-refractivity contribution in [3.05, 3.63) is 52.2 Å². The van der Waals surface area contributed by atoms with Crippen molar-refractivity contribution >= 4 is 23.3 Å². The SMILES string of the molecule is Cc1ccc(OC2CCN(C(=O)C3CCN(c4ncc(C(F)(F)F)cc4Cl)CC3)CC2)cc1C. The van der Waals surface area contributed by atoms with Crippen LogP contribution in [0.25, 0.3) is 0 Å². The number of carbonyl (C=O) groups is 1. The normalized spacial score (nSPS) is 18.3. The number of aromatic nitrogens is 1. The summed E-state index contributed by atoms with van der Waals surface area (Å²) in [6.45, 7) is 6.53. The van der Waals surface area contributed by atoms with E-state index >= 15 is 0 Å². The first-order valence-electron chi connectivity index (χ1n) is 11.6. The monoisotopic (exact) mass is 495 g/mol. The number of hydrogen-bond donors (Lipinski definition) is 0. The Morgan fingerprint density at radius 1 is 1.03 bits per heavy atom. The molecular weight excluding hydrogens is 467 g/mol. The third kappa shape index (κ3) is 5.59. The molecule has 0 saturated carbocycles. The Hall–Kier alpha value is -2.48. The van der Waals surface area contributed by atoms with Gasteiger partial charge in [-0.3, -0.25) is 4.79 Å². The van der Waals surface area contributed by atoms with E-state index in [-0.39, 0.29) is 23.0 Å². The molecule has 0 aliphatic carbocycles. The zero-order valence-electron chi connectivity index (χ0n) is 19.4. The Balaban J connectivity index is 1.27. The molecule has 0 radical (unpaired) electrons. The summed E-state index contributed by atoms with van der Waals surface area (Å²) >= 11 is 6.09. The number of ether oxygens (including phenoxy) is 1. The standard InChI is InChI=1S/C25H29ClF3N3O2/c1-16-3-4-21(13-17(16)2)34-20-7-11-32(12-8-20)24(33)18-5-9-31(10-6-18)23-22(26)14-19(15-30-23)25(27,28)29/h3-4,13-15,18,20H,5-12H2,1-2H3. The summed E-state index contributed by atoms with van der Waals surface area (Å²) in [7, 11) is 0. The number of nitrogens with zero attached hydrogens (tertiary/aromatic N) is 3. The van der Waals surface area contributed by atoms with Crippen molar-refractivity contribution in [2.75, 3.05) is 31.1 Å². The summed E-state index contributed by atoms with van der Waals surface area (Å²) in [5.41, 5.74) is 1.57. The molecule has 0 unspecified atom stereocenters. The van der Waals surface area contributed by atoms with Crippen LogP contribution in [0.4, 0.5) is 19.0 Å². The summed E-state index contributed by atoms with van der Waals surface area (Å²) < 4.78 is 44.7. The van der Waals surface area contributed by atoms with E-state index in [1.54, 1.807) is 0 Å². The van der Waals surface area contributed by atoms with Crippen molar-refractivity contribution in [2.45, 2.75) is 51.8 Å². The average molecular weight is 496 g/mol. The van der Waals surface area contributed by atoms with Gasteiger partial charge in [-0.15, -0.1) is 0 Å². The van der Waals surface area contributed by atoms with Crippen molar-refractivity contribution in [2.24, 2.45) is 5.92 Å². The summed E-state index contributed by atoms with van der Waals surface area (Å²) in [6, 6.07) is 7.01. The van der Waals surface area contributed by atoms with Crippen molar-refractivity contribution in [3.63, 3.8) is 0 Å². The van der Waals surface area contributed by atoms with Crippen LogP contribution in [-0.4, -0.2) is 48.1 Å². The van der Waals surface area contributed by atoms with Crippen molar-refractivity contribution in [1.82, 2.24) is 9.88 Å². The molecule has 1 aromatic carbocycles. The van der Waals surface area contributed by atoms with Crippen molar-refractivity contribution in [1.29, 1.82) is 0 Å². The second kappa shape index (κ2) is 10.0. The molecule has 4 rings (SSSR count). The summed E-state index contributed by atoms with van der Waals surface area (Å²) in [4.78, 5) is 20.8. The Labute approximate surface area is 202 Å². The third-order valence-corrected chi connectivity index (χ3v) is 7.11. The smallest absolute Gasteiger partial charge is 0.417 e. The number of piperidine rings is 2. The molecule has 2 aliphatic rings. The first kappa shape index (κ1) is 24.6.